The quantitative estimate of drug-likeness (QED) is 0.737. The van der Waals surface area contributed by atoms with Gasteiger partial charge < -0.3 is 14.9 Å². The maximum Gasteiger partial charge on any atom is 0.409 e. The Morgan fingerprint density at radius 3 is 3.00 bits per heavy atom. The maximum atomic E-state index is 10.6. The summed E-state index contributed by atoms with van der Waals surface area (Å²) < 4.78 is 6.67. The molecule has 1 amide bonds. The Bertz CT molecular complexity index is 564. The number of fused-ring (bicyclic) bond motifs is 1. The summed E-state index contributed by atoms with van der Waals surface area (Å²) in [5.74, 6) is 0.330. The van der Waals surface area contributed by atoms with Crippen LogP contribution in [0.15, 0.2) is 18.5 Å². The molecule has 17 heavy (non-hydrogen) atoms. The molecular formula is C10H11N3O4. The average Bonchev–Trinajstić information content (AvgIpc) is 2.71. The standard InChI is InChI=1S/C10H11N3O4/c1-17-9-7(12-10(15)16)2-3-13-8(9)6(5-14)4-11-13/h2-4,12,14H,5H2,1H3,(H,15,16). The Morgan fingerprint density at radius 2 is 2.41 bits per heavy atom. The molecule has 0 aliphatic carbocycles. The van der Waals surface area contributed by atoms with Crippen molar-refractivity contribution in [3.63, 3.8) is 0 Å². The SMILES string of the molecule is COc1c(NC(=O)O)ccn2ncc(CO)c12. The van der Waals surface area contributed by atoms with E-state index >= 15 is 0 Å². The lowest BCUT2D eigenvalue weighted by atomic mass is 10.2. The third-order valence-electron chi connectivity index (χ3n) is 2.33. The zero-order valence-corrected chi connectivity index (χ0v) is 9.04. The van der Waals surface area contributed by atoms with Gasteiger partial charge in [-0.2, -0.15) is 5.10 Å². The zero-order chi connectivity index (χ0) is 12.4. The molecule has 7 nitrogen and oxygen atoms in total. The fraction of sp³-hybridized carbons (Fsp3) is 0.200. The zero-order valence-electron chi connectivity index (χ0n) is 9.04. The van der Waals surface area contributed by atoms with Crippen LogP contribution in [0, 0.1) is 0 Å². The number of carboxylic acid groups (broad SMARTS) is 1. The van der Waals surface area contributed by atoms with Crippen LogP contribution in [0.2, 0.25) is 0 Å². The first kappa shape index (κ1) is 11.2. The van der Waals surface area contributed by atoms with Crippen molar-refractivity contribution < 1.29 is 19.7 Å². The summed E-state index contributed by atoms with van der Waals surface area (Å²) in [6.45, 7) is -0.198. The number of methoxy groups -OCH3 is 1. The molecule has 2 heterocycles. The minimum Gasteiger partial charge on any atom is -0.492 e. The number of nitrogens with one attached hydrogen (secondary N) is 1. The van der Waals surface area contributed by atoms with Crippen LogP contribution < -0.4 is 10.1 Å². The van der Waals surface area contributed by atoms with E-state index < -0.39 is 6.09 Å². The summed E-state index contributed by atoms with van der Waals surface area (Å²) in [4.78, 5) is 10.6. The number of aliphatic hydroxyl groups is 1. The summed E-state index contributed by atoms with van der Waals surface area (Å²) in [6.07, 6.45) is 1.91. The number of hydrogen-bond acceptors (Lipinski definition) is 4. The topological polar surface area (TPSA) is 96.1 Å². The Labute approximate surface area is 96.2 Å². The van der Waals surface area contributed by atoms with Crippen LogP contribution in [0.3, 0.4) is 0 Å². The fourth-order valence-electron chi connectivity index (χ4n) is 1.65. The van der Waals surface area contributed by atoms with Crippen molar-refractivity contribution in [1.82, 2.24) is 9.61 Å². The van der Waals surface area contributed by atoms with Crippen LogP contribution in [-0.2, 0) is 6.61 Å². The van der Waals surface area contributed by atoms with E-state index in [4.69, 9.17) is 9.84 Å². The van der Waals surface area contributed by atoms with E-state index in [1.165, 1.54) is 23.9 Å². The first-order valence-electron chi connectivity index (χ1n) is 4.81. The number of rotatable bonds is 3. The summed E-state index contributed by atoms with van der Waals surface area (Å²) in [5, 5.41) is 24.1. The van der Waals surface area contributed by atoms with Gasteiger partial charge in [-0.25, -0.2) is 9.31 Å². The lowest BCUT2D eigenvalue weighted by Crippen LogP contribution is -2.09. The van der Waals surface area contributed by atoms with Crippen molar-refractivity contribution in [3.8, 4) is 5.75 Å². The molecule has 2 aromatic heterocycles. The van der Waals surface area contributed by atoms with Gasteiger partial charge in [0, 0.05) is 11.8 Å². The van der Waals surface area contributed by atoms with E-state index in [1.54, 1.807) is 6.20 Å². The highest BCUT2D eigenvalue weighted by Gasteiger charge is 2.14. The fourth-order valence-corrected chi connectivity index (χ4v) is 1.65. The Hall–Kier alpha value is -2.28. The van der Waals surface area contributed by atoms with Crippen LogP contribution in [-0.4, -0.2) is 33.0 Å². The molecule has 0 aliphatic heterocycles. The van der Waals surface area contributed by atoms with Crippen LogP contribution in [0.1, 0.15) is 5.56 Å². The molecule has 7 heteroatoms. The van der Waals surface area contributed by atoms with E-state index in [9.17, 15) is 9.90 Å². The molecule has 90 valence electrons. The first-order valence-corrected chi connectivity index (χ1v) is 4.81. The summed E-state index contributed by atoms with van der Waals surface area (Å²) in [6, 6.07) is 1.54. The molecule has 2 rings (SSSR count). The molecule has 0 bridgehead atoms. The molecule has 0 aromatic carbocycles. The normalized spacial score (nSPS) is 10.5. The van der Waals surface area contributed by atoms with Crippen molar-refractivity contribution in [1.29, 1.82) is 0 Å². The van der Waals surface area contributed by atoms with Gasteiger partial charge in [-0.1, -0.05) is 0 Å². The van der Waals surface area contributed by atoms with Crippen molar-refractivity contribution >= 4 is 17.3 Å². The second-order valence-corrected chi connectivity index (χ2v) is 3.31. The van der Waals surface area contributed by atoms with E-state index in [0.717, 1.165) is 0 Å². The minimum absolute atomic E-state index is 0.198. The highest BCUT2D eigenvalue weighted by atomic mass is 16.5. The minimum atomic E-state index is -1.18. The number of nitrogens with zero attached hydrogens (tertiary/aromatic N) is 2. The monoisotopic (exact) mass is 237 g/mol. The number of aliphatic hydroxyl groups excluding tert-OH is 1. The molecule has 0 saturated carbocycles. The molecule has 0 saturated heterocycles. The second-order valence-electron chi connectivity index (χ2n) is 3.31. The van der Waals surface area contributed by atoms with Gasteiger partial charge in [0.25, 0.3) is 0 Å². The molecule has 0 spiro atoms. The number of carbonyl (C=O) groups is 1. The molecule has 0 radical (unpaired) electrons. The van der Waals surface area contributed by atoms with Gasteiger partial charge in [-0.15, -0.1) is 0 Å². The lowest BCUT2D eigenvalue weighted by molar-refractivity contribution is 0.209. The van der Waals surface area contributed by atoms with Gasteiger partial charge >= 0.3 is 6.09 Å². The van der Waals surface area contributed by atoms with Crippen LogP contribution >= 0.6 is 0 Å². The van der Waals surface area contributed by atoms with Crippen molar-refractivity contribution in [2.24, 2.45) is 0 Å². The molecular weight excluding hydrogens is 226 g/mol. The summed E-state index contributed by atoms with van der Waals surface area (Å²) in [5.41, 5.74) is 1.42. The largest absolute Gasteiger partial charge is 0.492 e. The Balaban J connectivity index is 2.66. The number of hydrogen-bond donors (Lipinski definition) is 3. The van der Waals surface area contributed by atoms with E-state index in [0.29, 0.717) is 22.5 Å². The smallest absolute Gasteiger partial charge is 0.409 e. The number of ether oxygens (including phenoxy) is 1. The van der Waals surface area contributed by atoms with E-state index in [1.807, 2.05) is 0 Å². The molecule has 0 aliphatic rings. The number of aromatic nitrogens is 2. The average molecular weight is 237 g/mol. The van der Waals surface area contributed by atoms with Crippen LogP contribution in [0.5, 0.6) is 5.75 Å². The van der Waals surface area contributed by atoms with Gasteiger partial charge in [0.2, 0.25) is 0 Å². The molecule has 0 atom stereocenters. The van der Waals surface area contributed by atoms with E-state index in [-0.39, 0.29) is 6.61 Å². The van der Waals surface area contributed by atoms with Gasteiger partial charge in [-0.3, -0.25) is 5.32 Å². The third-order valence-corrected chi connectivity index (χ3v) is 2.33. The van der Waals surface area contributed by atoms with E-state index in [2.05, 4.69) is 10.4 Å². The van der Waals surface area contributed by atoms with Gasteiger partial charge in [0.1, 0.15) is 5.52 Å². The predicted molar refractivity (Wildman–Crippen MR) is 59.3 cm³/mol. The molecule has 0 unspecified atom stereocenters. The van der Waals surface area contributed by atoms with Crippen LogP contribution in [0.4, 0.5) is 10.5 Å². The van der Waals surface area contributed by atoms with Crippen molar-refractivity contribution in [3.05, 3.63) is 24.0 Å². The number of pyridine rings is 1. The number of anilines is 1. The lowest BCUT2D eigenvalue weighted by Gasteiger charge is -2.10. The highest BCUT2D eigenvalue weighted by molar-refractivity contribution is 5.88. The molecule has 2 aromatic rings. The maximum absolute atomic E-state index is 10.6. The molecule has 3 N–H and O–H groups in total. The second kappa shape index (κ2) is 4.30. The summed E-state index contributed by atoms with van der Waals surface area (Å²) in [7, 11) is 1.43. The van der Waals surface area contributed by atoms with Gasteiger partial charge in [0.05, 0.1) is 25.6 Å². The van der Waals surface area contributed by atoms with Gasteiger partial charge in [-0.05, 0) is 6.07 Å². The summed E-state index contributed by atoms with van der Waals surface area (Å²) >= 11 is 0. The van der Waals surface area contributed by atoms with Crippen molar-refractivity contribution in [2.45, 2.75) is 6.61 Å². The Morgan fingerprint density at radius 1 is 1.65 bits per heavy atom. The third kappa shape index (κ3) is 1.87. The highest BCUT2D eigenvalue weighted by Crippen LogP contribution is 2.31. The first-order chi connectivity index (χ1) is 8.17. The van der Waals surface area contributed by atoms with Crippen molar-refractivity contribution in [2.75, 3.05) is 12.4 Å². The Kier molecular flexibility index (Phi) is 2.84. The number of amides is 1. The van der Waals surface area contributed by atoms with Gasteiger partial charge in [0.15, 0.2) is 5.75 Å². The van der Waals surface area contributed by atoms with Crippen LogP contribution in [0.25, 0.3) is 5.52 Å². The molecule has 0 fully saturated rings. The predicted octanol–water partition coefficient (Wildman–Crippen LogP) is 0.925.